The van der Waals surface area contributed by atoms with Crippen molar-refractivity contribution < 1.29 is 19.0 Å². The summed E-state index contributed by atoms with van der Waals surface area (Å²) in [7, 11) is 0. The Hall–Kier alpha value is -2.37. The van der Waals surface area contributed by atoms with Gasteiger partial charge in [-0.25, -0.2) is 0 Å². The normalized spacial score (nSPS) is 24.7. The average molecular weight is 367 g/mol. The van der Waals surface area contributed by atoms with E-state index in [0.717, 1.165) is 30.4 Å². The molecule has 2 aromatic rings. The van der Waals surface area contributed by atoms with Crippen LogP contribution < -0.4 is 10.1 Å². The first-order valence-electron chi connectivity index (χ1n) is 9.59. The van der Waals surface area contributed by atoms with Crippen LogP contribution >= 0.6 is 0 Å². The quantitative estimate of drug-likeness (QED) is 0.882. The molecule has 3 atom stereocenters. The number of benzene rings is 2. The second kappa shape index (κ2) is 8.55. The van der Waals surface area contributed by atoms with Crippen LogP contribution in [0.5, 0.6) is 5.75 Å². The summed E-state index contributed by atoms with van der Waals surface area (Å²) in [6.45, 7) is 1.34. The number of amides is 1. The van der Waals surface area contributed by atoms with E-state index in [1.165, 1.54) is 0 Å². The van der Waals surface area contributed by atoms with E-state index in [4.69, 9.17) is 14.2 Å². The molecule has 5 nitrogen and oxygen atoms in total. The molecule has 2 fully saturated rings. The largest absolute Gasteiger partial charge is 0.484 e. The second-order valence-corrected chi connectivity index (χ2v) is 7.08. The van der Waals surface area contributed by atoms with E-state index < -0.39 is 0 Å². The van der Waals surface area contributed by atoms with Crippen LogP contribution in [-0.4, -0.2) is 44.0 Å². The minimum absolute atomic E-state index is 0.0205. The molecule has 2 aromatic carbocycles. The van der Waals surface area contributed by atoms with Crippen LogP contribution in [0, 0.1) is 0 Å². The van der Waals surface area contributed by atoms with E-state index >= 15 is 0 Å². The fourth-order valence-electron chi connectivity index (χ4n) is 3.79. The molecule has 2 aliphatic rings. The highest BCUT2D eigenvalue weighted by Gasteiger charge is 2.34. The van der Waals surface area contributed by atoms with Gasteiger partial charge in [0.1, 0.15) is 5.75 Å². The Morgan fingerprint density at radius 3 is 2.41 bits per heavy atom. The van der Waals surface area contributed by atoms with Crippen LogP contribution in [0.4, 0.5) is 0 Å². The summed E-state index contributed by atoms with van der Waals surface area (Å²) in [5, 5.41) is 3.06. The third kappa shape index (κ3) is 4.67. The maximum atomic E-state index is 12.2. The predicted octanol–water partition coefficient (Wildman–Crippen LogP) is 3.19. The number of carbonyl (C=O) groups is 1. The number of carbonyl (C=O) groups excluding carboxylic acids is 1. The van der Waals surface area contributed by atoms with Crippen molar-refractivity contribution in [2.75, 3.05) is 19.8 Å². The summed E-state index contributed by atoms with van der Waals surface area (Å²) in [5.74, 6) is 0.597. The molecule has 4 rings (SSSR count). The van der Waals surface area contributed by atoms with Crippen molar-refractivity contribution >= 4 is 5.91 Å². The monoisotopic (exact) mass is 367 g/mol. The molecule has 1 N–H and O–H groups in total. The second-order valence-electron chi connectivity index (χ2n) is 7.08. The van der Waals surface area contributed by atoms with E-state index in [1.54, 1.807) is 0 Å². The van der Waals surface area contributed by atoms with Crippen LogP contribution in [0.2, 0.25) is 0 Å². The van der Waals surface area contributed by atoms with Gasteiger partial charge < -0.3 is 19.5 Å². The zero-order chi connectivity index (χ0) is 18.5. The Balaban J connectivity index is 1.24. The third-order valence-electron chi connectivity index (χ3n) is 5.17. The summed E-state index contributed by atoms with van der Waals surface area (Å²) >= 11 is 0. The fourth-order valence-corrected chi connectivity index (χ4v) is 3.79. The average Bonchev–Trinajstić information content (AvgIpc) is 2.73. The maximum Gasteiger partial charge on any atom is 0.258 e. The zero-order valence-corrected chi connectivity index (χ0v) is 15.3. The number of fused-ring (bicyclic) bond motifs is 1. The zero-order valence-electron chi connectivity index (χ0n) is 15.3. The van der Waals surface area contributed by atoms with E-state index in [-0.39, 0.29) is 30.8 Å². The molecular weight excluding hydrogens is 342 g/mol. The van der Waals surface area contributed by atoms with Crippen molar-refractivity contribution in [1.82, 2.24) is 5.32 Å². The third-order valence-corrected chi connectivity index (χ3v) is 5.17. The van der Waals surface area contributed by atoms with Crippen LogP contribution in [0.25, 0.3) is 11.1 Å². The number of ether oxygens (including phenoxy) is 3. The van der Waals surface area contributed by atoms with Crippen molar-refractivity contribution in [3.63, 3.8) is 0 Å². The standard InChI is InChI=1S/C22H25NO4/c24-22(23-18-8-11-20-21(14-18)26-13-12-25-20)15-27-19-9-6-17(7-10-19)16-4-2-1-3-5-16/h1-7,9-10,18,20-21H,8,11-15H2,(H,23,24). The van der Waals surface area contributed by atoms with Crippen LogP contribution in [0.15, 0.2) is 54.6 Å². The highest BCUT2D eigenvalue weighted by molar-refractivity contribution is 5.78. The van der Waals surface area contributed by atoms with Gasteiger partial charge in [0.2, 0.25) is 0 Å². The van der Waals surface area contributed by atoms with Gasteiger partial charge in [-0.3, -0.25) is 4.79 Å². The molecule has 1 aliphatic heterocycles. The molecule has 0 radical (unpaired) electrons. The van der Waals surface area contributed by atoms with Gasteiger partial charge in [-0.15, -0.1) is 0 Å². The van der Waals surface area contributed by atoms with Crippen molar-refractivity contribution in [3.8, 4) is 16.9 Å². The van der Waals surface area contributed by atoms with Gasteiger partial charge in [-0.05, 0) is 42.5 Å². The van der Waals surface area contributed by atoms with Crippen molar-refractivity contribution in [2.45, 2.75) is 37.5 Å². The Labute approximate surface area is 159 Å². The number of rotatable bonds is 5. The summed E-state index contributed by atoms with van der Waals surface area (Å²) in [5.41, 5.74) is 2.28. The summed E-state index contributed by atoms with van der Waals surface area (Å²) < 4.78 is 17.1. The molecule has 1 amide bonds. The fraction of sp³-hybridized carbons (Fsp3) is 0.409. The van der Waals surface area contributed by atoms with Crippen molar-refractivity contribution in [3.05, 3.63) is 54.6 Å². The van der Waals surface area contributed by atoms with Crippen LogP contribution in [0.1, 0.15) is 19.3 Å². The topological polar surface area (TPSA) is 56.8 Å². The molecule has 3 unspecified atom stereocenters. The lowest BCUT2D eigenvalue weighted by molar-refractivity contribution is -0.158. The smallest absolute Gasteiger partial charge is 0.258 e. The number of nitrogens with one attached hydrogen (secondary N) is 1. The summed E-state index contributed by atoms with van der Waals surface area (Å²) in [4.78, 5) is 12.2. The van der Waals surface area contributed by atoms with Gasteiger partial charge in [0.25, 0.3) is 5.91 Å². The van der Waals surface area contributed by atoms with Crippen molar-refractivity contribution in [2.24, 2.45) is 0 Å². The van der Waals surface area contributed by atoms with E-state index in [1.807, 2.05) is 42.5 Å². The molecule has 1 aliphatic carbocycles. The summed E-state index contributed by atoms with van der Waals surface area (Å²) in [6.07, 6.45) is 2.94. The molecule has 5 heteroatoms. The van der Waals surface area contributed by atoms with Crippen LogP contribution in [0.3, 0.4) is 0 Å². The first kappa shape index (κ1) is 18.0. The molecule has 0 spiro atoms. The van der Waals surface area contributed by atoms with Gasteiger partial charge in [-0.1, -0.05) is 42.5 Å². The predicted molar refractivity (Wildman–Crippen MR) is 103 cm³/mol. The van der Waals surface area contributed by atoms with Gasteiger partial charge in [-0.2, -0.15) is 0 Å². The SMILES string of the molecule is O=C(COc1ccc(-c2ccccc2)cc1)NC1CCC2OCCOC2C1. The number of hydrogen-bond acceptors (Lipinski definition) is 4. The molecule has 1 heterocycles. The summed E-state index contributed by atoms with van der Waals surface area (Å²) in [6, 6.07) is 18.1. The highest BCUT2D eigenvalue weighted by atomic mass is 16.6. The van der Waals surface area contributed by atoms with E-state index in [2.05, 4.69) is 17.4 Å². The highest BCUT2D eigenvalue weighted by Crippen LogP contribution is 2.27. The molecule has 0 bridgehead atoms. The van der Waals surface area contributed by atoms with Crippen LogP contribution in [-0.2, 0) is 14.3 Å². The minimum Gasteiger partial charge on any atom is -0.484 e. The van der Waals surface area contributed by atoms with E-state index in [9.17, 15) is 4.79 Å². The first-order chi connectivity index (χ1) is 13.3. The first-order valence-corrected chi connectivity index (χ1v) is 9.59. The Morgan fingerprint density at radius 2 is 1.63 bits per heavy atom. The Morgan fingerprint density at radius 1 is 0.926 bits per heavy atom. The lowest BCUT2D eigenvalue weighted by Crippen LogP contribution is -2.49. The maximum absolute atomic E-state index is 12.2. The Bertz CT molecular complexity index is 747. The molecule has 142 valence electrons. The number of hydrogen-bond donors (Lipinski definition) is 1. The molecule has 27 heavy (non-hydrogen) atoms. The molecule has 0 aromatic heterocycles. The lowest BCUT2D eigenvalue weighted by atomic mass is 9.89. The van der Waals surface area contributed by atoms with E-state index in [0.29, 0.717) is 19.0 Å². The molecular formula is C22H25NO4. The minimum atomic E-state index is -0.0951. The van der Waals surface area contributed by atoms with Gasteiger partial charge in [0, 0.05) is 6.04 Å². The van der Waals surface area contributed by atoms with Gasteiger partial charge >= 0.3 is 0 Å². The Kier molecular flexibility index (Phi) is 5.70. The lowest BCUT2D eigenvalue weighted by Gasteiger charge is -2.39. The van der Waals surface area contributed by atoms with Gasteiger partial charge in [0.05, 0.1) is 25.4 Å². The molecule has 1 saturated carbocycles. The van der Waals surface area contributed by atoms with Gasteiger partial charge in [0.15, 0.2) is 6.61 Å². The molecule has 1 saturated heterocycles. The van der Waals surface area contributed by atoms with Crippen molar-refractivity contribution in [1.29, 1.82) is 0 Å².